The molecule has 1 aliphatic rings. The van der Waals surface area contributed by atoms with Crippen LogP contribution in [-0.4, -0.2) is 45.7 Å². The largest absolute Gasteiger partial charge is 0.494 e. The van der Waals surface area contributed by atoms with Crippen molar-refractivity contribution < 1.29 is 22.7 Å². The van der Waals surface area contributed by atoms with Gasteiger partial charge in [-0.25, -0.2) is 8.42 Å². The molecule has 9 heteroatoms. The number of anilines is 3. The fourth-order valence-corrected chi connectivity index (χ4v) is 4.73. The van der Waals surface area contributed by atoms with E-state index in [0.717, 1.165) is 22.7 Å². The molecular weight excluding hydrogens is 418 g/mol. The number of amides is 2. The molecule has 2 aromatic rings. The van der Waals surface area contributed by atoms with Gasteiger partial charge in [0, 0.05) is 24.3 Å². The van der Waals surface area contributed by atoms with Crippen LogP contribution in [0.2, 0.25) is 0 Å². The van der Waals surface area contributed by atoms with Crippen molar-refractivity contribution in [3.05, 3.63) is 48.5 Å². The number of hydrogen-bond acceptors (Lipinski definition) is 5. The summed E-state index contributed by atoms with van der Waals surface area (Å²) >= 11 is 0. The minimum absolute atomic E-state index is 0.0876. The molecule has 3 rings (SSSR count). The summed E-state index contributed by atoms with van der Waals surface area (Å²) in [4.78, 5) is 26.4. The van der Waals surface area contributed by atoms with Crippen LogP contribution in [0, 0.1) is 0 Å². The fourth-order valence-electron chi connectivity index (χ4n) is 3.56. The first kappa shape index (κ1) is 22.6. The van der Waals surface area contributed by atoms with Gasteiger partial charge < -0.3 is 15.0 Å². The van der Waals surface area contributed by atoms with Crippen LogP contribution in [0.4, 0.5) is 17.1 Å². The lowest BCUT2D eigenvalue weighted by Gasteiger charge is -2.28. The number of carbonyl (C=O) groups is 2. The van der Waals surface area contributed by atoms with Crippen molar-refractivity contribution in [2.45, 2.75) is 32.7 Å². The number of carbonyl (C=O) groups excluding carboxylic acids is 2. The van der Waals surface area contributed by atoms with E-state index in [1.165, 1.54) is 6.92 Å². The van der Waals surface area contributed by atoms with Crippen LogP contribution in [0.3, 0.4) is 0 Å². The monoisotopic (exact) mass is 445 g/mol. The topological polar surface area (TPSA) is 96.0 Å². The Labute approximate surface area is 182 Å². The first-order valence-corrected chi connectivity index (χ1v) is 12.0. The minimum atomic E-state index is -3.72. The number of rotatable bonds is 8. The molecule has 2 aromatic carbocycles. The van der Waals surface area contributed by atoms with Crippen molar-refractivity contribution in [1.82, 2.24) is 0 Å². The van der Waals surface area contributed by atoms with E-state index in [1.54, 1.807) is 53.4 Å². The fraction of sp³-hybridized carbons (Fsp3) is 0.364. The van der Waals surface area contributed by atoms with E-state index in [0.29, 0.717) is 36.7 Å². The molecular formula is C22H27N3O5S. The van der Waals surface area contributed by atoms with Crippen molar-refractivity contribution in [3.63, 3.8) is 0 Å². The van der Waals surface area contributed by atoms with Crippen LogP contribution in [0.15, 0.2) is 48.5 Å². The van der Waals surface area contributed by atoms with E-state index in [1.807, 2.05) is 6.92 Å². The Bertz CT molecular complexity index is 1040. The molecule has 0 unspecified atom stereocenters. The van der Waals surface area contributed by atoms with Gasteiger partial charge in [-0.2, -0.15) is 0 Å². The molecule has 31 heavy (non-hydrogen) atoms. The van der Waals surface area contributed by atoms with E-state index in [-0.39, 0.29) is 5.91 Å². The second-order valence-electron chi connectivity index (χ2n) is 7.35. The van der Waals surface area contributed by atoms with Gasteiger partial charge in [-0.15, -0.1) is 0 Å². The molecule has 0 bridgehead atoms. The normalized spacial score (nSPS) is 14.9. The number of ether oxygens (including phenoxy) is 1. The minimum Gasteiger partial charge on any atom is -0.494 e. The summed E-state index contributed by atoms with van der Waals surface area (Å²) in [6.45, 7) is 4.58. The zero-order chi connectivity index (χ0) is 22.6. The Hall–Kier alpha value is -3.07. The molecule has 0 aliphatic carbocycles. The molecule has 166 valence electrons. The third-order valence-corrected chi connectivity index (χ3v) is 6.25. The zero-order valence-corrected chi connectivity index (χ0v) is 18.7. The van der Waals surface area contributed by atoms with Crippen molar-refractivity contribution in [1.29, 1.82) is 0 Å². The molecule has 1 aliphatic heterocycles. The second-order valence-corrected chi connectivity index (χ2v) is 9.21. The Kier molecular flexibility index (Phi) is 6.84. The van der Waals surface area contributed by atoms with Crippen molar-refractivity contribution in [2.24, 2.45) is 0 Å². The summed E-state index contributed by atoms with van der Waals surface area (Å²) < 4.78 is 31.4. The van der Waals surface area contributed by atoms with E-state index < -0.39 is 22.0 Å². The third kappa shape index (κ3) is 5.35. The summed E-state index contributed by atoms with van der Waals surface area (Å²) in [5.74, 6) is 0.238. The van der Waals surface area contributed by atoms with Crippen molar-refractivity contribution in [3.8, 4) is 5.75 Å². The second kappa shape index (κ2) is 9.38. The first-order valence-electron chi connectivity index (χ1n) is 10.1. The highest BCUT2D eigenvalue weighted by molar-refractivity contribution is 7.92. The molecule has 0 spiro atoms. The highest BCUT2D eigenvalue weighted by Gasteiger charge is 2.29. The van der Waals surface area contributed by atoms with Crippen molar-refractivity contribution in [2.75, 3.05) is 33.9 Å². The third-order valence-electron chi connectivity index (χ3n) is 5.01. The molecule has 0 aromatic heterocycles. The Balaban J connectivity index is 1.74. The van der Waals surface area contributed by atoms with Crippen LogP contribution in [-0.2, 0) is 19.6 Å². The van der Waals surface area contributed by atoms with Gasteiger partial charge in [0.25, 0.3) is 0 Å². The average Bonchev–Trinajstić information content (AvgIpc) is 3.15. The van der Waals surface area contributed by atoms with Crippen LogP contribution >= 0.6 is 0 Å². The van der Waals surface area contributed by atoms with Gasteiger partial charge in [0.05, 0.1) is 18.6 Å². The van der Waals surface area contributed by atoms with Crippen LogP contribution in [0.5, 0.6) is 5.75 Å². The highest BCUT2D eigenvalue weighted by Crippen LogP contribution is 2.26. The maximum atomic E-state index is 12.8. The summed E-state index contributed by atoms with van der Waals surface area (Å²) in [6.07, 6.45) is 2.44. The molecule has 0 radical (unpaired) electrons. The highest BCUT2D eigenvalue weighted by atomic mass is 32.2. The predicted octanol–water partition coefficient (Wildman–Crippen LogP) is 3.01. The van der Waals surface area contributed by atoms with Gasteiger partial charge in [0.2, 0.25) is 21.8 Å². The van der Waals surface area contributed by atoms with Gasteiger partial charge in [-0.05, 0) is 68.8 Å². The number of nitrogens with zero attached hydrogens (tertiary/aromatic N) is 2. The van der Waals surface area contributed by atoms with E-state index in [4.69, 9.17) is 4.74 Å². The number of nitrogens with one attached hydrogen (secondary N) is 1. The summed E-state index contributed by atoms with van der Waals surface area (Å²) in [5.41, 5.74) is 1.67. The molecule has 8 nitrogen and oxygen atoms in total. The summed E-state index contributed by atoms with van der Waals surface area (Å²) in [6, 6.07) is 12.5. The lowest BCUT2D eigenvalue weighted by Crippen LogP contribution is -2.45. The Morgan fingerprint density at radius 1 is 1.16 bits per heavy atom. The Morgan fingerprint density at radius 2 is 1.81 bits per heavy atom. The standard InChI is InChI=1S/C22H27N3O5S/c1-4-30-20-13-11-19(12-14-20)25(31(3,28)29)16(2)22(27)23-17-7-9-18(10-8-17)24-15-5-6-21(24)26/h7-14,16H,4-6,15H2,1-3H3,(H,23,27)/t16-/m1/s1. The number of hydrogen-bond donors (Lipinski definition) is 1. The van der Waals surface area contributed by atoms with Gasteiger partial charge in [0.15, 0.2) is 0 Å². The summed E-state index contributed by atoms with van der Waals surface area (Å²) in [7, 11) is -3.72. The quantitative estimate of drug-likeness (QED) is 0.674. The lowest BCUT2D eigenvalue weighted by molar-refractivity contribution is -0.117. The maximum absolute atomic E-state index is 12.8. The number of benzene rings is 2. The summed E-state index contributed by atoms with van der Waals surface area (Å²) in [5, 5.41) is 2.75. The molecule has 0 saturated carbocycles. The molecule has 1 fully saturated rings. The SMILES string of the molecule is CCOc1ccc(N([C@H](C)C(=O)Nc2ccc(N3CCCC3=O)cc2)S(C)(=O)=O)cc1. The predicted molar refractivity (Wildman–Crippen MR) is 121 cm³/mol. The molecule has 1 atom stereocenters. The molecule has 1 N–H and O–H groups in total. The number of sulfonamides is 1. The molecule has 2 amide bonds. The molecule has 1 saturated heterocycles. The maximum Gasteiger partial charge on any atom is 0.247 e. The first-order chi connectivity index (χ1) is 14.7. The average molecular weight is 446 g/mol. The molecule has 1 heterocycles. The van der Waals surface area contributed by atoms with Crippen LogP contribution < -0.4 is 19.3 Å². The van der Waals surface area contributed by atoms with Gasteiger partial charge in [-0.3, -0.25) is 13.9 Å². The smallest absolute Gasteiger partial charge is 0.247 e. The van der Waals surface area contributed by atoms with E-state index >= 15 is 0 Å². The van der Waals surface area contributed by atoms with Gasteiger partial charge >= 0.3 is 0 Å². The van der Waals surface area contributed by atoms with Crippen LogP contribution in [0.25, 0.3) is 0 Å². The van der Waals surface area contributed by atoms with Crippen molar-refractivity contribution >= 4 is 38.9 Å². The zero-order valence-electron chi connectivity index (χ0n) is 17.9. The van der Waals surface area contributed by atoms with Gasteiger partial charge in [-0.1, -0.05) is 0 Å². The van der Waals surface area contributed by atoms with Gasteiger partial charge in [0.1, 0.15) is 11.8 Å². The van der Waals surface area contributed by atoms with Crippen LogP contribution in [0.1, 0.15) is 26.7 Å². The lowest BCUT2D eigenvalue weighted by atomic mass is 10.2. The van der Waals surface area contributed by atoms with E-state index in [9.17, 15) is 18.0 Å². The Morgan fingerprint density at radius 3 is 2.32 bits per heavy atom. The van der Waals surface area contributed by atoms with E-state index in [2.05, 4.69) is 5.32 Å².